The van der Waals surface area contributed by atoms with Gasteiger partial charge in [-0.1, -0.05) is 56.8 Å². The lowest BCUT2D eigenvalue weighted by Gasteiger charge is -2.07. The van der Waals surface area contributed by atoms with Crippen LogP contribution in [0.2, 0.25) is 20.1 Å². The predicted octanol–water partition coefficient (Wildman–Crippen LogP) is 5.34. The van der Waals surface area contributed by atoms with Crippen molar-refractivity contribution in [2.24, 2.45) is 0 Å². The van der Waals surface area contributed by atoms with Gasteiger partial charge in [0.25, 0.3) is 5.91 Å². The molecule has 3 N–H and O–H groups in total. The monoisotopic (exact) mass is 660 g/mol. The van der Waals surface area contributed by atoms with Crippen LogP contribution >= 0.6 is 46.4 Å². The Labute approximate surface area is 261 Å². The average molecular weight is 662 g/mol. The van der Waals surface area contributed by atoms with Crippen LogP contribution in [0.3, 0.4) is 0 Å². The number of nitrogens with one attached hydrogen (secondary N) is 1. The summed E-state index contributed by atoms with van der Waals surface area (Å²) < 4.78 is 2.65. The summed E-state index contributed by atoms with van der Waals surface area (Å²) >= 11 is 24.5. The highest BCUT2D eigenvalue weighted by Gasteiger charge is 2.20. The molecule has 1 amide bonds. The lowest BCUT2D eigenvalue weighted by molar-refractivity contribution is 0.0686. The Morgan fingerprint density at radius 1 is 0.698 bits per heavy atom. The molecule has 0 atom stereocenters. The maximum atomic E-state index is 12.8. The van der Waals surface area contributed by atoms with Crippen LogP contribution in [0.15, 0.2) is 48.8 Å². The van der Waals surface area contributed by atoms with Gasteiger partial charge in [-0.2, -0.15) is 0 Å². The first kappa shape index (κ1) is 29.9. The van der Waals surface area contributed by atoms with E-state index in [0.29, 0.717) is 17.9 Å². The third-order valence-corrected chi connectivity index (χ3v) is 7.14. The summed E-state index contributed by atoms with van der Waals surface area (Å²) in [7, 11) is 0. The van der Waals surface area contributed by atoms with Crippen LogP contribution in [0, 0.1) is 0 Å². The second-order valence-corrected chi connectivity index (χ2v) is 10.4. The first-order valence-corrected chi connectivity index (χ1v) is 13.6. The summed E-state index contributed by atoms with van der Waals surface area (Å²) in [6.07, 6.45) is 3.00. The number of hydrogen-bond donors (Lipinski definition) is 3. The number of halogens is 4. The average Bonchev–Trinajstić information content (AvgIpc) is 3.63. The molecular weight excluding hydrogens is 646 g/mol. The van der Waals surface area contributed by atoms with Crippen molar-refractivity contribution >= 4 is 64.2 Å². The lowest BCUT2D eigenvalue weighted by atomic mass is 10.1. The molecule has 3 heterocycles. The third kappa shape index (κ3) is 6.01. The van der Waals surface area contributed by atoms with Crippen molar-refractivity contribution < 1.29 is 24.6 Å². The van der Waals surface area contributed by atoms with E-state index in [-0.39, 0.29) is 65.5 Å². The molecule has 43 heavy (non-hydrogen) atoms. The van der Waals surface area contributed by atoms with Crippen molar-refractivity contribution in [2.75, 3.05) is 6.54 Å². The Morgan fingerprint density at radius 3 is 1.44 bits per heavy atom. The summed E-state index contributed by atoms with van der Waals surface area (Å²) in [6, 6.07) is 8.53. The SMILES string of the molecule is CCNC(=O)c1cc(-c2cn(-c3cc(Cl)c(C(=O)O)c(Cl)c3)nn2)nc(-c2cn(-c3cc(Cl)c(C(=O)O)c(Cl)c3)nn2)c1. The van der Waals surface area contributed by atoms with E-state index in [1.54, 1.807) is 6.92 Å². The minimum atomic E-state index is -1.28. The number of carboxylic acid groups (broad SMARTS) is 2. The molecule has 3 aromatic heterocycles. The van der Waals surface area contributed by atoms with Crippen LogP contribution in [0.5, 0.6) is 0 Å². The first-order valence-electron chi connectivity index (χ1n) is 12.1. The largest absolute Gasteiger partial charge is 0.478 e. The highest BCUT2D eigenvalue weighted by Crippen LogP contribution is 2.31. The molecule has 0 aliphatic rings. The zero-order valence-electron chi connectivity index (χ0n) is 21.6. The van der Waals surface area contributed by atoms with Gasteiger partial charge in [0.2, 0.25) is 0 Å². The van der Waals surface area contributed by atoms with E-state index in [0.717, 1.165) is 0 Å². The number of carbonyl (C=O) groups is 3. The van der Waals surface area contributed by atoms with Crippen molar-refractivity contribution in [1.82, 2.24) is 40.3 Å². The van der Waals surface area contributed by atoms with Crippen LogP contribution in [0.4, 0.5) is 0 Å². The van der Waals surface area contributed by atoms with Gasteiger partial charge in [-0.05, 0) is 43.3 Å². The summed E-state index contributed by atoms with van der Waals surface area (Å²) in [4.78, 5) is 40.3. The number of aromatic nitrogens is 7. The topological polar surface area (TPSA) is 178 Å². The number of carbonyl (C=O) groups excluding carboxylic acids is 1. The molecule has 5 aromatic rings. The van der Waals surface area contributed by atoms with E-state index in [4.69, 9.17) is 46.4 Å². The van der Waals surface area contributed by atoms with Gasteiger partial charge >= 0.3 is 11.9 Å². The smallest absolute Gasteiger partial charge is 0.338 e. The molecule has 0 aliphatic carbocycles. The molecule has 13 nitrogen and oxygen atoms in total. The standard InChI is InChI=1S/C26H16Cl4N8O5/c1-2-31-24(39)11-3-18(20-9-37(35-33-20)12-5-14(27)22(25(40)41)15(28)6-12)32-19(4-11)21-10-38(36-34-21)13-7-16(29)23(26(42)43)17(30)8-13/h3-10H,2H2,1H3,(H,31,39)(H,40,41)(H,42,43). The van der Waals surface area contributed by atoms with Gasteiger partial charge < -0.3 is 15.5 Å². The van der Waals surface area contributed by atoms with Crippen LogP contribution in [0.25, 0.3) is 34.2 Å². The highest BCUT2D eigenvalue weighted by atomic mass is 35.5. The fraction of sp³-hybridized carbons (Fsp3) is 0.0769. The number of carboxylic acids is 2. The Morgan fingerprint density at radius 2 is 1.09 bits per heavy atom. The van der Waals surface area contributed by atoms with Crippen LogP contribution in [-0.4, -0.2) is 69.6 Å². The maximum absolute atomic E-state index is 12.8. The molecule has 0 saturated carbocycles. The Balaban J connectivity index is 1.55. The minimum Gasteiger partial charge on any atom is -0.478 e. The van der Waals surface area contributed by atoms with Gasteiger partial charge in [0.05, 0.1) is 66.4 Å². The summed E-state index contributed by atoms with van der Waals surface area (Å²) in [5.41, 5.74) is 1.48. The predicted molar refractivity (Wildman–Crippen MR) is 157 cm³/mol. The second kappa shape index (κ2) is 12.0. The molecule has 5 rings (SSSR count). The van der Waals surface area contributed by atoms with Gasteiger partial charge in [0.15, 0.2) is 0 Å². The van der Waals surface area contributed by atoms with Crippen LogP contribution in [0.1, 0.15) is 38.0 Å². The summed E-state index contributed by atoms with van der Waals surface area (Å²) in [6.45, 7) is 2.15. The summed E-state index contributed by atoms with van der Waals surface area (Å²) in [5.74, 6) is -2.93. The lowest BCUT2D eigenvalue weighted by Crippen LogP contribution is -2.22. The molecule has 0 saturated heterocycles. The summed E-state index contributed by atoms with van der Waals surface area (Å²) in [5, 5.41) is 37.5. The van der Waals surface area contributed by atoms with Crippen molar-refractivity contribution in [3.63, 3.8) is 0 Å². The molecule has 2 aromatic carbocycles. The van der Waals surface area contributed by atoms with E-state index in [9.17, 15) is 24.6 Å². The van der Waals surface area contributed by atoms with E-state index >= 15 is 0 Å². The van der Waals surface area contributed by atoms with Gasteiger partial charge in [0, 0.05) is 12.1 Å². The van der Waals surface area contributed by atoms with Crippen molar-refractivity contribution in [3.8, 4) is 34.2 Å². The third-order valence-electron chi connectivity index (χ3n) is 5.95. The van der Waals surface area contributed by atoms with Gasteiger partial charge in [-0.3, -0.25) is 4.79 Å². The maximum Gasteiger partial charge on any atom is 0.338 e. The quantitative estimate of drug-likeness (QED) is 0.197. The molecule has 218 valence electrons. The number of rotatable bonds is 8. The van der Waals surface area contributed by atoms with Crippen molar-refractivity contribution in [2.45, 2.75) is 6.92 Å². The fourth-order valence-corrected chi connectivity index (χ4v) is 5.27. The number of amides is 1. The number of nitrogens with zero attached hydrogens (tertiary/aromatic N) is 7. The molecule has 0 aliphatic heterocycles. The van der Waals surface area contributed by atoms with Gasteiger partial charge in [-0.25, -0.2) is 23.9 Å². The van der Waals surface area contributed by atoms with E-state index < -0.39 is 11.9 Å². The van der Waals surface area contributed by atoms with Crippen LogP contribution < -0.4 is 5.32 Å². The Hall–Kier alpha value is -4.56. The zero-order chi connectivity index (χ0) is 31.0. The Kier molecular flexibility index (Phi) is 8.33. The molecule has 0 spiro atoms. The zero-order valence-corrected chi connectivity index (χ0v) is 24.6. The second-order valence-electron chi connectivity index (χ2n) is 8.76. The number of hydrogen-bond acceptors (Lipinski definition) is 8. The number of benzene rings is 2. The molecule has 0 unspecified atom stereocenters. The molecule has 0 bridgehead atoms. The van der Waals surface area contributed by atoms with Crippen molar-refractivity contribution in [3.05, 3.63) is 85.6 Å². The normalized spacial score (nSPS) is 11.0. The molecule has 17 heteroatoms. The van der Waals surface area contributed by atoms with E-state index in [1.807, 2.05) is 0 Å². The van der Waals surface area contributed by atoms with E-state index in [2.05, 4.69) is 30.9 Å². The number of pyridine rings is 1. The Bertz CT molecular complexity index is 1770. The molecule has 0 fully saturated rings. The van der Waals surface area contributed by atoms with E-state index in [1.165, 1.54) is 58.2 Å². The first-order chi connectivity index (χ1) is 20.5. The van der Waals surface area contributed by atoms with Gasteiger partial charge in [-0.15, -0.1) is 10.2 Å². The van der Waals surface area contributed by atoms with Gasteiger partial charge in [0.1, 0.15) is 11.4 Å². The highest BCUT2D eigenvalue weighted by molar-refractivity contribution is 6.40. The number of aromatic carboxylic acids is 2. The van der Waals surface area contributed by atoms with Crippen LogP contribution in [-0.2, 0) is 0 Å². The molecule has 0 radical (unpaired) electrons. The van der Waals surface area contributed by atoms with Crippen molar-refractivity contribution in [1.29, 1.82) is 0 Å². The minimum absolute atomic E-state index is 0.0889. The molecular formula is C26H16Cl4N8O5. The fourth-order valence-electron chi connectivity index (χ4n) is 3.99.